The third-order valence-corrected chi connectivity index (χ3v) is 10.8. The Morgan fingerprint density at radius 2 is 1.54 bits per heavy atom. The number of hydrogen-bond acceptors (Lipinski definition) is 5. The van der Waals surface area contributed by atoms with E-state index in [1.54, 1.807) is 30.3 Å². The predicted molar refractivity (Wildman–Crippen MR) is 190 cm³/mol. The van der Waals surface area contributed by atoms with Crippen molar-refractivity contribution in [2.45, 2.75) is 69.0 Å². The predicted octanol–water partition coefficient (Wildman–Crippen LogP) is 6.94. The lowest BCUT2D eigenvalue weighted by Crippen LogP contribution is -2.55. The summed E-state index contributed by atoms with van der Waals surface area (Å²) in [5, 5.41) is 3.43. The second kappa shape index (κ2) is 16.2. The molecule has 0 heterocycles. The van der Waals surface area contributed by atoms with Gasteiger partial charge in [0.1, 0.15) is 18.3 Å². The maximum atomic E-state index is 14.7. The van der Waals surface area contributed by atoms with Crippen molar-refractivity contribution in [2.75, 3.05) is 18.0 Å². The summed E-state index contributed by atoms with van der Waals surface area (Å²) in [7, 11) is -2.77. The fourth-order valence-corrected chi connectivity index (χ4v) is 7.84. The van der Waals surface area contributed by atoms with Crippen LogP contribution in [0.25, 0.3) is 0 Å². The summed E-state index contributed by atoms with van der Waals surface area (Å²) in [5.41, 5.74) is 2.92. The molecule has 8 nitrogen and oxygen atoms in total. The van der Waals surface area contributed by atoms with Gasteiger partial charge in [0.05, 0.1) is 22.7 Å². The molecule has 0 saturated heterocycles. The molecule has 2 amide bonds. The normalized spacial score (nSPS) is 14.1. The van der Waals surface area contributed by atoms with Gasteiger partial charge in [0.2, 0.25) is 11.8 Å². The van der Waals surface area contributed by atoms with Crippen molar-refractivity contribution in [1.82, 2.24) is 10.2 Å². The van der Waals surface area contributed by atoms with Crippen molar-refractivity contribution in [3.05, 3.63) is 125 Å². The van der Waals surface area contributed by atoms with Crippen LogP contribution in [0.3, 0.4) is 0 Å². The van der Waals surface area contributed by atoms with E-state index in [1.165, 1.54) is 30.2 Å². The van der Waals surface area contributed by atoms with E-state index in [-0.39, 0.29) is 40.5 Å². The molecule has 0 bridgehead atoms. The van der Waals surface area contributed by atoms with Crippen LogP contribution in [0.5, 0.6) is 5.75 Å². The first-order chi connectivity index (χ1) is 23.2. The number of anilines is 1. The van der Waals surface area contributed by atoms with Crippen molar-refractivity contribution in [3.8, 4) is 5.75 Å². The molecule has 1 saturated carbocycles. The fraction of sp³-hybridized carbons (Fsp3) is 0.316. The molecule has 10 heteroatoms. The van der Waals surface area contributed by atoms with Crippen LogP contribution in [0.4, 0.5) is 5.69 Å². The summed E-state index contributed by atoms with van der Waals surface area (Å²) in [6.45, 7) is 1.51. The molecule has 252 valence electrons. The SMILES string of the molecule is COc1ccc(N(CC(=O)N(Cc2cccc(C)c2)[C@@H](Cc2ccccc2)C(=O)NC2CCCCC2)S(=O)(=O)c2ccccc2)cc1Cl. The van der Waals surface area contributed by atoms with Crippen LogP contribution in [0, 0.1) is 6.92 Å². The number of sulfonamides is 1. The van der Waals surface area contributed by atoms with Gasteiger partial charge in [-0.3, -0.25) is 13.9 Å². The van der Waals surface area contributed by atoms with E-state index < -0.39 is 28.5 Å². The lowest BCUT2D eigenvalue weighted by atomic mass is 9.94. The van der Waals surface area contributed by atoms with E-state index in [4.69, 9.17) is 16.3 Å². The van der Waals surface area contributed by atoms with Gasteiger partial charge >= 0.3 is 0 Å². The minimum atomic E-state index is -4.24. The van der Waals surface area contributed by atoms with E-state index in [0.29, 0.717) is 5.75 Å². The Balaban J connectivity index is 1.57. The van der Waals surface area contributed by atoms with Crippen LogP contribution in [-0.4, -0.2) is 50.9 Å². The number of benzene rings is 4. The summed E-state index contributed by atoms with van der Waals surface area (Å²) in [5.74, 6) is -0.411. The average Bonchev–Trinajstić information content (AvgIpc) is 3.09. The van der Waals surface area contributed by atoms with Crippen molar-refractivity contribution in [3.63, 3.8) is 0 Å². The molecule has 1 fully saturated rings. The molecule has 4 aromatic carbocycles. The zero-order valence-corrected chi connectivity index (χ0v) is 28.9. The van der Waals surface area contributed by atoms with E-state index >= 15 is 0 Å². The number of methoxy groups -OCH3 is 1. The van der Waals surface area contributed by atoms with E-state index in [2.05, 4.69) is 5.32 Å². The smallest absolute Gasteiger partial charge is 0.264 e. The molecule has 0 aromatic heterocycles. The Bertz CT molecular complexity index is 1800. The number of aryl methyl sites for hydroxylation is 1. The summed E-state index contributed by atoms with van der Waals surface area (Å²) in [6.07, 6.45) is 5.25. The number of carbonyl (C=O) groups is 2. The maximum Gasteiger partial charge on any atom is 0.264 e. The van der Waals surface area contributed by atoms with Gasteiger partial charge in [-0.2, -0.15) is 0 Å². The van der Waals surface area contributed by atoms with Crippen molar-refractivity contribution >= 4 is 39.1 Å². The van der Waals surface area contributed by atoms with Gasteiger partial charge in [-0.1, -0.05) is 109 Å². The molecule has 0 radical (unpaired) electrons. The highest BCUT2D eigenvalue weighted by Gasteiger charge is 2.35. The number of nitrogens with one attached hydrogen (secondary N) is 1. The van der Waals surface area contributed by atoms with E-state index in [9.17, 15) is 18.0 Å². The number of amides is 2. The minimum Gasteiger partial charge on any atom is -0.495 e. The molecule has 0 spiro atoms. The number of ether oxygens (including phenoxy) is 1. The van der Waals surface area contributed by atoms with Crippen LogP contribution >= 0.6 is 11.6 Å². The number of rotatable bonds is 13. The monoisotopic (exact) mass is 687 g/mol. The first-order valence-electron chi connectivity index (χ1n) is 16.3. The van der Waals surface area contributed by atoms with Crippen molar-refractivity contribution < 1.29 is 22.7 Å². The largest absolute Gasteiger partial charge is 0.495 e. The Morgan fingerprint density at radius 3 is 2.19 bits per heavy atom. The first-order valence-corrected chi connectivity index (χ1v) is 18.1. The molecule has 4 aromatic rings. The molecule has 0 unspecified atom stereocenters. The number of carbonyl (C=O) groups excluding carboxylic acids is 2. The number of nitrogens with zero attached hydrogens (tertiary/aromatic N) is 2. The second-order valence-electron chi connectivity index (χ2n) is 12.2. The topological polar surface area (TPSA) is 96.0 Å². The van der Waals surface area contributed by atoms with Gasteiger partial charge in [0.15, 0.2) is 0 Å². The lowest BCUT2D eigenvalue weighted by molar-refractivity contribution is -0.140. The quantitative estimate of drug-likeness (QED) is 0.164. The number of hydrogen-bond donors (Lipinski definition) is 1. The van der Waals surface area contributed by atoms with Gasteiger partial charge in [0, 0.05) is 19.0 Å². The maximum absolute atomic E-state index is 14.7. The van der Waals surface area contributed by atoms with Gasteiger partial charge in [0.25, 0.3) is 10.0 Å². The Morgan fingerprint density at radius 1 is 0.875 bits per heavy atom. The minimum absolute atomic E-state index is 0.0193. The van der Waals surface area contributed by atoms with Crippen molar-refractivity contribution in [2.24, 2.45) is 0 Å². The highest BCUT2D eigenvalue weighted by atomic mass is 35.5. The van der Waals surface area contributed by atoms with Crippen LogP contribution < -0.4 is 14.4 Å². The second-order valence-corrected chi connectivity index (χ2v) is 14.5. The standard InChI is InChI=1S/C38H42ClN3O5S/c1-28-13-12-16-30(23-28)26-41(35(24-29-14-6-3-7-15-29)38(44)40-31-17-8-4-9-18-31)37(43)27-42(32-21-22-36(47-2)34(39)25-32)48(45,46)33-19-10-5-11-20-33/h3,5-7,10-16,19-23,25,31,35H,4,8-9,17-18,24,26-27H2,1-2H3,(H,40,44)/t35-/m0/s1. The molecular weight excluding hydrogens is 646 g/mol. The Hall–Kier alpha value is -4.34. The van der Waals surface area contributed by atoms with Gasteiger partial charge < -0.3 is 15.0 Å². The summed E-state index contributed by atoms with van der Waals surface area (Å²) in [4.78, 5) is 30.5. The Kier molecular flexibility index (Phi) is 11.8. The first kappa shape index (κ1) is 35.0. The van der Waals surface area contributed by atoms with E-state index in [1.807, 2.05) is 61.5 Å². The van der Waals surface area contributed by atoms with E-state index in [0.717, 1.165) is 53.1 Å². The molecule has 1 atom stereocenters. The van der Waals surface area contributed by atoms with Crippen molar-refractivity contribution in [1.29, 1.82) is 0 Å². The summed E-state index contributed by atoms with van der Waals surface area (Å²) in [6, 6.07) is 29.0. The Labute approximate surface area is 288 Å². The zero-order chi connectivity index (χ0) is 34.1. The molecule has 1 aliphatic carbocycles. The molecule has 1 aliphatic rings. The average molecular weight is 688 g/mol. The molecule has 0 aliphatic heterocycles. The van der Waals surface area contributed by atoms with Gasteiger partial charge in [-0.05, 0) is 61.2 Å². The summed E-state index contributed by atoms with van der Waals surface area (Å²) >= 11 is 6.47. The molecular formula is C38H42ClN3O5S. The third kappa shape index (κ3) is 8.76. The van der Waals surface area contributed by atoms with Crippen LogP contribution in [0.2, 0.25) is 5.02 Å². The molecule has 5 rings (SSSR count). The molecule has 48 heavy (non-hydrogen) atoms. The lowest BCUT2D eigenvalue weighted by Gasteiger charge is -2.35. The van der Waals surface area contributed by atoms with Crippen LogP contribution in [-0.2, 0) is 32.6 Å². The highest BCUT2D eigenvalue weighted by Crippen LogP contribution is 2.32. The molecule has 1 N–H and O–H groups in total. The van der Waals surface area contributed by atoms with Gasteiger partial charge in [-0.25, -0.2) is 8.42 Å². The third-order valence-electron chi connectivity index (χ3n) is 8.69. The zero-order valence-electron chi connectivity index (χ0n) is 27.3. The summed E-state index contributed by atoms with van der Waals surface area (Å²) < 4.78 is 34.8. The fourth-order valence-electron chi connectivity index (χ4n) is 6.16. The highest BCUT2D eigenvalue weighted by molar-refractivity contribution is 7.92. The van der Waals surface area contributed by atoms with Gasteiger partial charge in [-0.15, -0.1) is 0 Å². The van der Waals surface area contributed by atoms with Crippen LogP contribution in [0.1, 0.15) is 48.8 Å². The van der Waals surface area contributed by atoms with Crippen LogP contribution in [0.15, 0.2) is 108 Å². The number of halogens is 1.